The van der Waals surface area contributed by atoms with Crippen molar-refractivity contribution in [3.63, 3.8) is 0 Å². The van der Waals surface area contributed by atoms with Crippen molar-refractivity contribution in [2.45, 2.75) is 13.5 Å². The van der Waals surface area contributed by atoms with Gasteiger partial charge in [0.2, 0.25) is 5.95 Å². The monoisotopic (exact) mass is 330 g/mol. The minimum absolute atomic E-state index is 0.810. The number of hydrogen-bond donors (Lipinski definition) is 1. The molecule has 0 amide bonds. The summed E-state index contributed by atoms with van der Waals surface area (Å²) >= 11 is 1.79. The predicted octanol–water partition coefficient (Wildman–Crippen LogP) is 1.74. The van der Waals surface area contributed by atoms with Gasteiger partial charge in [-0.05, 0) is 30.0 Å². The van der Waals surface area contributed by atoms with E-state index < -0.39 is 0 Å². The Hall–Kier alpha value is -2.15. The molecule has 1 aliphatic heterocycles. The van der Waals surface area contributed by atoms with Crippen molar-refractivity contribution >= 4 is 23.2 Å². The smallest absolute Gasteiger partial charge is 0.225 e. The molecule has 0 bridgehead atoms. The fraction of sp³-hybridized carbons (Fsp3) is 0.438. The molecule has 0 atom stereocenters. The van der Waals surface area contributed by atoms with E-state index in [4.69, 9.17) is 0 Å². The van der Waals surface area contributed by atoms with Crippen LogP contribution in [0.1, 0.15) is 10.4 Å². The van der Waals surface area contributed by atoms with Gasteiger partial charge in [0.25, 0.3) is 0 Å². The molecule has 1 N–H and O–H groups in total. The van der Waals surface area contributed by atoms with Crippen LogP contribution in [0.5, 0.6) is 0 Å². The molecule has 1 saturated heterocycles. The Morgan fingerprint density at radius 2 is 2.00 bits per heavy atom. The molecule has 0 aromatic carbocycles. The quantitative estimate of drug-likeness (QED) is 0.686. The molecule has 122 valence electrons. The number of aromatic nitrogens is 2. The lowest BCUT2D eigenvalue weighted by molar-refractivity contribution is 0.370. The van der Waals surface area contributed by atoms with E-state index in [0.29, 0.717) is 0 Å². The highest BCUT2D eigenvalue weighted by atomic mass is 32.1. The van der Waals surface area contributed by atoms with E-state index in [9.17, 15) is 0 Å². The number of piperazine rings is 1. The van der Waals surface area contributed by atoms with Crippen molar-refractivity contribution in [1.82, 2.24) is 20.2 Å². The zero-order valence-corrected chi connectivity index (χ0v) is 14.4. The SMILES string of the molecule is CN=C(NCc1sccc1C)N1CCN(c2ncccn2)CC1. The van der Waals surface area contributed by atoms with E-state index in [2.05, 4.69) is 48.4 Å². The Labute approximate surface area is 140 Å². The van der Waals surface area contributed by atoms with Gasteiger partial charge in [0.15, 0.2) is 5.96 Å². The summed E-state index contributed by atoms with van der Waals surface area (Å²) in [7, 11) is 1.84. The number of aliphatic imine (C=N–C) groups is 1. The number of rotatable bonds is 3. The van der Waals surface area contributed by atoms with E-state index in [0.717, 1.165) is 44.6 Å². The highest BCUT2D eigenvalue weighted by molar-refractivity contribution is 7.10. The van der Waals surface area contributed by atoms with Crippen molar-refractivity contribution in [3.05, 3.63) is 40.3 Å². The fourth-order valence-electron chi connectivity index (χ4n) is 2.65. The van der Waals surface area contributed by atoms with Gasteiger partial charge in [-0.2, -0.15) is 0 Å². The second-order valence-corrected chi connectivity index (χ2v) is 6.45. The lowest BCUT2D eigenvalue weighted by Gasteiger charge is -2.36. The third kappa shape index (κ3) is 3.79. The Kier molecular flexibility index (Phi) is 5.07. The molecule has 0 aliphatic carbocycles. The van der Waals surface area contributed by atoms with Crippen LogP contribution in [-0.2, 0) is 6.54 Å². The molecule has 7 heteroatoms. The van der Waals surface area contributed by atoms with Crippen LogP contribution >= 0.6 is 11.3 Å². The molecule has 2 aromatic heterocycles. The largest absolute Gasteiger partial charge is 0.351 e. The Morgan fingerprint density at radius 1 is 1.26 bits per heavy atom. The first kappa shape index (κ1) is 15.7. The van der Waals surface area contributed by atoms with Crippen LogP contribution in [0, 0.1) is 6.92 Å². The molecule has 3 rings (SSSR count). The molecule has 0 saturated carbocycles. The third-order valence-corrected chi connectivity index (χ3v) is 5.02. The Morgan fingerprint density at radius 3 is 2.61 bits per heavy atom. The van der Waals surface area contributed by atoms with E-state index in [1.54, 1.807) is 23.7 Å². The summed E-state index contributed by atoms with van der Waals surface area (Å²) in [6, 6.07) is 4.00. The summed E-state index contributed by atoms with van der Waals surface area (Å²) in [4.78, 5) is 18.9. The molecule has 0 spiro atoms. The minimum Gasteiger partial charge on any atom is -0.351 e. The van der Waals surface area contributed by atoms with Crippen LogP contribution in [0.4, 0.5) is 5.95 Å². The maximum atomic E-state index is 4.42. The topological polar surface area (TPSA) is 56.7 Å². The van der Waals surface area contributed by atoms with Crippen LogP contribution in [0.2, 0.25) is 0 Å². The lowest BCUT2D eigenvalue weighted by atomic mass is 10.3. The summed E-state index contributed by atoms with van der Waals surface area (Å²) in [5.74, 6) is 1.77. The van der Waals surface area contributed by atoms with Gasteiger partial charge < -0.3 is 15.1 Å². The molecule has 0 unspecified atom stereocenters. The van der Waals surface area contributed by atoms with Crippen LogP contribution in [-0.4, -0.2) is 54.1 Å². The number of aryl methyl sites for hydroxylation is 1. The standard InChI is InChI=1S/C16H22N6S/c1-13-4-11-23-14(13)12-20-15(17-2)21-7-9-22(10-8-21)16-18-5-3-6-19-16/h3-6,11H,7-10,12H2,1-2H3,(H,17,20). The molecule has 6 nitrogen and oxygen atoms in total. The van der Waals surface area contributed by atoms with Crippen LogP contribution in [0.3, 0.4) is 0 Å². The molecular weight excluding hydrogens is 308 g/mol. The van der Waals surface area contributed by atoms with Crippen LogP contribution < -0.4 is 10.2 Å². The summed E-state index contributed by atoms with van der Waals surface area (Å²) in [6.45, 7) is 6.63. The number of thiophene rings is 1. The maximum absolute atomic E-state index is 4.42. The molecule has 1 aliphatic rings. The van der Waals surface area contributed by atoms with Crippen molar-refractivity contribution in [2.24, 2.45) is 4.99 Å². The first-order valence-corrected chi connectivity index (χ1v) is 8.66. The first-order valence-electron chi connectivity index (χ1n) is 7.78. The number of anilines is 1. The molecule has 3 heterocycles. The third-order valence-electron chi connectivity index (χ3n) is 4.00. The van der Waals surface area contributed by atoms with Crippen molar-refractivity contribution < 1.29 is 0 Å². The second kappa shape index (κ2) is 7.41. The van der Waals surface area contributed by atoms with Gasteiger partial charge in [-0.1, -0.05) is 0 Å². The highest BCUT2D eigenvalue weighted by Crippen LogP contribution is 2.15. The van der Waals surface area contributed by atoms with Crippen LogP contribution in [0.15, 0.2) is 34.9 Å². The maximum Gasteiger partial charge on any atom is 0.225 e. The van der Waals surface area contributed by atoms with Gasteiger partial charge >= 0.3 is 0 Å². The Balaban J connectivity index is 1.54. The fourth-order valence-corrected chi connectivity index (χ4v) is 3.50. The number of guanidine groups is 1. The normalized spacial score (nSPS) is 15.8. The van der Waals surface area contributed by atoms with Crippen molar-refractivity contribution in [3.8, 4) is 0 Å². The van der Waals surface area contributed by atoms with Crippen molar-refractivity contribution in [2.75, 3.05) is 38.1 Å². The van der Waals surface area contributed by atoms with Gasteiger partial charge in [-0.15, -0.1) is 11.3 Å². The van der Waals surface area contributed by atoms with Crippen LogP contribution in [0.25, 0.3) is 0 Å². The van der Waals surface area contributed by atoms with Gasteiger partial charge in [-0.3, -0.25) is 4.99 Å². The zero-order chi connectivity index (χ0) is 16.1. The minimum atomic E-state index is 0.810. The molecule has 2 aromatic rings. The molecule has 0 radical (unpaired) electrons. The van der Waals surface area contributed by atoms with E-state index >= 15 is 0 Å². The second-order valence-electron chi connectivity index (χ2n) is 5.45. The number of nitrogens with zero attached hydrogens (tertiary/aromatic N) is 5. The Bertz CT molecular complexity index is 646. The van der Waals surface area contributed by atoms with Gasteiger partial charge in [-0.25, -0.2) is 9.97 Å². The highest BCUT2D eigenvalue weighted by Gasteiger charge is 2.21. The molecule has 1 fully saturated rings. The van der Waals surface area contributed by atoms with E-state index in [-0.39, 0.29) is 0 Å². The van der Waals surface area contributed by atoms with Gasteiger partial charge in [0, 0.05) is 50.5 Å². The summed E-state index contributed by atoms with van der Waals surface area (Å²) in [5, 5.41) is 5.61. The predicted molar refractivity (Wildman–Crippen MR) is 95.1 cm³/mol. The summed E-state index contributed by atoms with van der Waals surface area (Å²) < 4.78 is 0. The van der Waals surface area contributed by atoms with E-state index in [1.807, 2.05) is 13.1 Å². The molecule has 23 heavy (non-hydrogen) atoms. The molecular formula is C16H22N6S. The van der Waals surface area contributed by atoms with Gasteiger partial charge in [0.05, 0.1) is 6.54 Å². The number of hydrogen-bond acceptors (Lipinski definition) is 5. The summed E-state index contributed by atoms with van der Waals surface area (Å²) in [6.07, 6.45) is 3.58. The average Bonchev–Trinajstić information content (AvgIpc) is 3.02. The van der Waals surface area contributed by atoms with Crippen molar-refractivity contribution in [1.29, 1.82) is 0 Å². The average molecular weight is 330 g/mol. The number of nitrogens with one attached hydrogen (secondary N) is 1. The van der Waals surface area contributed by atoms with E-state index in [1.165, 1.54) is 10.4 Å². The van der Waals surface area contributed by atoms with Gasteiger partial charge in [0.1, 0.15) is 0 Å². The zero-order valence-electron chi connectivity index (χ0n) is 13.6. The summed E-state index contributed by atoms with van der Waals surface area (Å²) in [5.41, 5.74) is 1.34. The lowest BCUT2D eigenvalue weighted by Crippen LogP contribution is -2.52. The first-order chi connectivity index (χ1) is 11.3.